The van der Waals surface area contributed by atoms with Crippen molar-refractivity contribution in [2.24, 2.45) is 0 Å². The first-order valence-corrected chi connectivity index (χ1v) is 14.5. The molecule has 9 nitrogen and oxygen atoms in total. The summed E-state index contributed by atoms with van der Waals surface area (Å²) in [6.45, 7) is 1.01. The zero-order valence-corrected chi connectivity index (χ0v) is 24.7. The summed E-state index contributed by atoms with van der Waals surface area (Å²) >= 11 is 10.1. The van der Waals surface area contributed by atoms with Gasteiger partial charge >= 0.3 is 5.97 Å². The van der Waals surface area contributed by atoms with Crippen molar-refractivity contribution in [2.45, 2.75) is 17.9 Å². The maximum atomic E-state index is 12.6. The first kappa shape index (κ1) is 27.7. The fourth-order valence-corrected chi connectivity index (χ4v) is 6.33. The highest BCUT2D eigenvalue weighted by Crippen LogP contribution is 2.42. The molecular formula is C33H24N3O6S2+. The lowest BCUT2D eigenvalue weighted by atomic mass is 9.90. The number of nitrogens with one attached hydrogen (secondary N) is 1. The number of aromatic hydroxyl groups is 1. The van der Waals surface area contributed by atoms with Gasteiger partial charge in [-0.15, -0.1) is 12.6 Å². The molecule has 0 atom stereocenters. The Morgan fingerprint density at radius 2 is 1.82 bits per heavy atom. The van der Waals surface area contributed by atoms with Crippen LogP contribution in [0.3, 0.4) is 0 Å². The SMILES string of the molecule is O=C(O)c1cc(NC(=S)N2CCc3c(cc4ccc(S)cc4[n+]3O)C2)ccc1-c1c2ccc(=O)cc-2oc2cc(O)ccc12. The molecule has 2 aliphatic heterocycles. The van der Waals surface area contributed by atoms with Gasteiger partial charge in [-0.05, 0) is 72.4 Å². The third kappa shape index (κ3) is 4.76. The van der Waals surface area contributed by atoms with Crippen LogP contribution < -0.4 is 15.5 Å². The van der Waals surface area contributed by atoms with Gasteiger partial charge in [-0.2, -0.15) is 0 Å². The average Bonchev–Trinajstić information content (AvgIpc) is 3.00. The van der Waals surface area contributed by atoms with Crippen LogP contribution in [0.1, 0.15) is 21.6 Å². The molecule has 0 bridgehead atoms. The Hall–Kier alpha value is -5.13. The molecule has 0 spiro atoms. The van der Waals surface area contributed by atoms with Gasteiger partial charge < -0.3 is 24.8 Å². The Labute approximate surface area is 260 Å². The predicted molar refractivity (Wildman–Crippen MR) is 172 cm³/mol. The van der Waals surface area contributed by atoms with Crippen LogP contribution in [0.4, 0.5) is 5.69 Å². The minimum Gasteiger partial charge on any atom is -0.508 e. The van der Waals surface area contributed by atoms with Crippen molar-refractivity contribution < 1.29 is 29.4 Å². The number of thiocarbonyl (C=S) groups is 1. The minimum atomic E-state index is -1.15. The summed E-state index contributed by atoms with van der Waals surface area (Å²) in [5.41, 5.74) is 4.54. The number of pyridine rings is 1. The first-order chi connectivity index (χ1) is 21.2. The summed E-state index contributed by atoms with van der Waals surface area (Å²) in [5, 5.41) is 36.3. The van der Waals surface area contributed by atoms with Gasteiger partial charge in [0.15, 0.2) is 10.5 Å². The van der Waals surface area contributed by atoms with E-state index < -0.39 is 5.97 Å². The monoisotopic (exact) mass is 622 g/mol. The van der Waals surface area contributed by atoms with Crippen molar-refractivity contribution in [2.75, 3.05) is 11.9 Å². The van der Waals surface area contributed by atoms with Crippen LogP contribution in [0.25, 0.3) is 44.3 Å². The van der Waals surface area contributed by atoms with Crippen LogP contribution >= 0.6 is 24.8 Å². The number of rotatable bonds is 3. The maximum Gasteiger partial charge on any atom is 0.336 e. The van der Waals surface area contributed by atoms with Crippen molar-refractivity contribution in [1.29, 1.82) is 0 Å². The summed E-state index contributed by atoms with van der Waals surface area (Å²) in [4.78, 5) is 27.4. The van der Waals surface area contributed by atoms with Crippen molar-refractivity contribution in [3.63, 3.8) is 0 Å². The molecule has 0 radical (unpaired) electrons. The van der Waals surface area contributed by atoms with Gasteiger partial charge in [-0.3, -0.25) is 10.0 Å². The van der Waals surface area contributed by atoms with E-state index in [2.05, 4.69) is 17.9 Å². The zero-order chi connectivity index (χ0) is 30.7. The summed E-state index contributed by atoms with van der Waals surface area (Å²) in [5.74, 6) is -0.893. The largest absolute Gasteiger partial charge is 0.508 e. The molecule has 4 N–H and O–H groups in total. The Morgan fingerprint density at radius 3 is 2.64 bits per heavy atom. The molecule has 0 amide bonds. The van der Waals surface area contributed by atoms with E-state index in [4.69, 9.17) is 16.6 Å². The normalized spacial score (nSPS) is 12.9. The molecule has 3 heterocycles. The number of fused-ring (bicyclic) bond motifs is 4. The number of nitrogens with zero attached hydrogens (tertiary/aromatic N) is 2. The number of aromatic carboxylic acids is 1. The molecule has 218 valence electrons. The third-order valence-corrected chi connectivity index (χ3v) is 8.55. The molecule has 3 aromatic carbocycles. The van der Waals surface area contributed by atoms with Gasteiger partial charge in [-0.25, -0.2) is 4.79 Å². The number of phenols is 1. The molecule has 0 unspecified atom stereocenters. The molecule has 7 rings (SSSR count). The molecule has 44 heavy (non-hydrogen) atoms. The van der Waals surface area contributed by atoms with Crippen molar-refractivity contribution in [1.82, 2.24) is 4.90 Å². The Balaban J connectivity index is 1.23. The molecule has 1 aromatic heterocycles. The van der Waals surface area contributed by atoms with E-state index in [9.17, 15) is 25.0 Å². The van der Waals surface area contributed by atoms with Gasteiger partial charge in [0.25, 0.3) is 5.52 Å². The number of carbonyl (C=O) groups is 1. The summed E-state index contributed by atoms with van der Waals surface area (Å²) in [6, 6.07) is 21.5. The van der Waals surface area contributed by atoms with E-state index in [0.717, 1.165) is 21.5 Å². The maximum absolute atomic E-state index is 12.6. The fraction of sp³-hybridized carbons (Fsp3) is 0.0909. The number of thiol groups is 1. The molecule has 0 saturated carbocycles. The zero-order valence-electron chi connectivity index (χ0n) is 22.9. The van der Waals surface area contributed by atoms with Gasteiger partial charge in [0.05, 0.1) is 23.9 Å². The van der Waals surface area contributed by atoms with Gasteiger partial charge in [0, 0.05) is 62.1 Å². The highest BCUT2D eigenvalue weighted by molar-refractivity contribution is 7.80. The number of aromatic nitrogens is 1. The lowest BCUT2D eigenvalue weighted by molar-refractivity contribution is -0.890. The Morgan fingerprint density at radius 1 is 1.00 bits per heavy atom. The van der Waals surface area contributed by atoms with E-state index in [0.29, 0.717) is 63.5 Å². The van der Waals surface area contributed by atoms with Crippen molar-refractivity contribution in [3.8, 4) is 28.2 Å². The van der Waals surface area contributed by atoms with Crippen LogP contribution in [0.15, 0.2) is 93.0 Å². The van der Waals surface area contributed by atoms with E-state index >= 15 is 0 Å². The number of hydrogen-bond acceptors (Lipinski definition) is 7. The predicted octanol–water partition coefficient (Wildman–Crippen LogP) is 5.69. The number of carboxylic acid groups (broad SMARTS) is 1. The number of anilines is 1. The smallest absolute Gasteiger partial charge is 0.336 e. The number of hydrogen-bond donors (Lipinski definition) is 5. The van der Waals surface area contributed by atoms with Crippen LogP contribution in [0, 0.1) is 0 Å². The second kappa shape index (κ2) is 10.5. The van der Waals surface area contributed by atoms with Gasteiger partial charge in [0.1, 0.15) is 17.1 Å². The van der Waals surface area contributed by atoms with Crippen LogP contribution in [0.5, 0.6) is 5.75 Å². The lowest BCUT2D eigenvalue weighted by Gasteiger charge is -2.29. The Kier molecular flexibility index (Phi) is 6.64. The van der Waals surface area contributed by atoms with Crippen LogP contribution in [-0.2, 0) is 13.0 Å². The van der Waals surface area contributed by atoms with E-state index in [1.807, 2.05) is 29.2 Å². The second-order valence-electron chi connectivity index (χ2n) is 10.7. The summed E-state index contributed by atoms with van der Waals surface area (Å²) in [7, 11) is 0. The molecule has 11 heteroatoms. The fourth-order valence-electron chi connectivity index (χ4n) is 5.86. The van der Waals surface area contributed by atoms with Crippen molar-refractivity contribution in [3.05, 3.63) is 106 Å². The van der Waals surface area contributed by atoms with Crippen LogP contribution in [-0.4, -0.2) is 37.9 Å². The molecule has 4 aromatic rings. The first-order valence-electron chi connectivity index (χ1n) is 13.7. The van der Waals surface area contributed by atoms with Gasteiger partial charge in [0.2, 0.25) is 5.69 Å². The van der Waals surface area contributed by atoms with Crippen LogP contribution in [0.2, 0.25) is 0 Å². The lowest BCUT2D eigenvalue weighted by Crippen LogP contribution is -2.46. The topological polar surface area (TPSA) is 127 Å². The second-order valence-corrected chi connectivity index (χ2v) is 11.6. The average molecular weight is 623 g/mol. The van der Waals surface area contributed by atoms with E-state index in [-0.39, 0.29) is 22.5 Å². The standard InChI is InChI=1S/C33H23N3O6S2/c37-20-3-7-24-29(13-20)42-30-14-21(38)4-8-25(30)31(24)23-6-2-19(12-26(23)32(39)40)34-33(44)35-10-9-27-18(16-35)11-17-1-5-22(43)15-28(17)36(27)41/h1-8,11-15,41H,9-10,16H2,(H3,34,37,38,39,40,44)/p+1. The number of benzene rings is 4. The van der Waals surface area contributed by atoms with E-state index in [1.165, 1.54) is 35.1 Å². The highest BCUT2D eigenvalue weighted by atomic mass is 32.1. The third-order valence-electron chi connectivity index (χ3n) is 7.91. The minimum absolute atomic E-state index is 0.0196. The quantitative estimate of drug-likeness (QED) is 0.0556. The Bertz CT molecular complexity index is 2210. The summed E-state index contributed by atoms with van der Waals surface area (Å²) < 4.78 is 7.13. The van der Waals surface area contributed by atoms with Gasteiger partial charge in [-0.1, -0.05) is 6.07 Å². The molecule has 0 saturated heterocycles. The molecule has 3 aliphatic rings. The highest BCUT2D eigenvalue weighted by Gasteiger charge is 2.29. The van der Waals surface area contributed by atoms with E-state index in [1.54, 1.807) is 24.3 Å². The number of phenolic OH excluding ortho intramolecular Hbond substituents is 1. The molecular weight excluding hydrogens is 599 g/mol. The number of carboxylic acids is 1. The summed E-state index contributed by atoms with van der Waals surface area (Å²) in [6.07, 6.45) is 0.555. The molecule has 1 aliphatic carbocycles. The van der Waals surface area contributed by atoms with Crippen molar-refractivity contribution >= 4 is 63.5 Å². The molecule has 0 fully saturated rings.